The van der Waals surface area contributed by atoms with Gasteiger partial charge < -0.3 is 10.2 Å². The lowest BCUT2D eigenvalue weighted by Gasteiger charge is -2.23. The molecule has 1 N–H and O–H groups in total. The van der Waals surface area contributed by atoms with Gasteiger partial charge in [-0.1, -0.05) is 76.7 Å². The van der Waals surface area contributed by atoms with E-state index in [1.165, 1.54) is 17.0 Å². The quantitative estimate of drug-likeness (QED) is 0.432. The highest BCUT2D eigenvalue weighted by molar-refractivity contribution is 6.42. The highest BCUT2D eigenvalue weighted by Crippen LogP contribution is 2.33. The zero-order valence-electron chi connectivity index (χ0n) is 15.5. The summed E-state index contributed by atoms with van der Waals surface area (Å²) in [6.07, 6.45) is 0. The minimum atomic E-state index is -0.445. The largest absolute Gasteiger partial charge is 0.325 e. The number of anilines is 1. The molecule has 0 aliphatic rings. The van der Waals surface area contributed by atoms with E-state index in [1.54, 1.807) is 24.3 Å². The van der Waals surface area contributed by atoms with Gasteiger partial charge in [0.15, 0.2) is 0 Å². The van der Waals surface area contributed by atoms with E-state index in [2.05, 4.69) is 5.32 Å². The molecule has 0 aromatic heterocycles. The van der Waals surface area contributed by atoms with Gasteiger partial charge in [-0.2, -0.15) is 0 Å². The standard InChI is InChI=1S/C22H16Cl4N2O2/c23-16-8-6-15(7-9-16)22(30)28(12-14-4-2-1-3-5-14)13-20(29)27-21-18(25)10-17(24)11-19(21)26/h1-11H,12-13H2,(H,27,29). The number of nitrogens with one attached hydrogen (secondary N) is 1. The van der Waals surface area contributed by atoms with Crippen molar-refractivity contribution in [1.82, 2.24) is 4.90 Å². The smallest absolute Gasteiger partial charge is 0.254 e. The van der Waals surface area contributed by atoms with Crippen molar-refractivity contribution in [3.63, 3.8) is 0 Å². The Balaban J connectivity index is 1.82. The summed E-state index contributed by atoms with van der Waals surface area (Å²) in [5.41, 5.74) is 1.55. The maximum absolute atomic E-state index is 13.1. The van der Waals surface area contributed by atoms with Crippen LogP contribution in [0, 0.1) is 0 Å². The van der Waals surface area contributed by atoms with Crippen LogP contribution < -0.4 is 5.32 Å². The highest BCUT2D eigenvalue weighted by Gasteiger charge is 2.21. The molecular formula is C22H16Cl4N2O2. The van der Waals surface area contributed by atoms with Crippen molar-refractivity contribution in [2.24, 2.45) is 0 Å². The lowest BCUT2D eigenvalue weighted by molar-refractivity contribution is -0.117. The second kappa shape index (κ2) is 10.2. The second-order valence-electron chi connectivity index (χ2n) is 6.45. The third-order valence-electron chi connectivity index (χ3n) is 4.20. The van der Waals surface area contributed by atoms with Crippen molar-refractivity contribution in [2.45, 2.75) is 6.54 Å². The van der Waals surface area contributed by atoms with E-state index in [0.29, 0.717) is 15.6 Å². The van der Waals surface area contributed by atoms with E-state index in [1.807, 2.05) is 30.3 Å². The minimum Gasteiger partial charge on any atom is -0.325 e. The highest BCUT2D eigenvalue weighted by atomic mass is 35.5. The Morgan fingerprint density at radius 1 is 0.800 bits per heavy atom. The van der Waals surface area contributed by atoms with Crippen LogP contribution in [0.2, 0.25) is 20.1 Å². The molecule has 0 aliphatic carbocycles. The zero-order chi connectivity index (χ0) is 21.7. The molecule has 0 saturated heterocycles. The van der Waals surface area contributed by atoms with E-state index in [-0.39, 0.29) is 34.7 Å². The first-order valence-electron chi connectivity index (χ1n) is 8.86. The summed E-state index contributed by atoms with van der Waals surface area (Å²) >= 11 is 24.1. The van der Waals surface area contributed by atoms with Gasteiger partial charge in [0.05, 0.1) is 15.7 Å². The van der Waals surface area contributed by atoms with Gasteiger partial charge in [0.25, 0.3) is 5.91 Å². The zero-order valence-corrected chi connectivity index (χ0v) is 18.6. The average Bonchev–Trinajstić information content (AvgIpc) is 2.71. The van der Waals surface area contributed by atoms with Crippen LogP contribution in [-0.2, 0) is 11.3 Å². The SMILES string of the molecule is O=C(CN(Cc1ccccc1)C(=O)c1ccc(Cl)cc1)Nc1c(Cl)cc(Cl)cc1Cl. The molecule has 4 nitrogen and oxygen atoms in total. The molecule has 0 aliphatic heterocycles. The van der Waals surface area contributed by atoms with Crippen LogP contribution in [0.5, 0.6) is 0 Å². The van der Waals surface area contributed by atoms with Gasteiger partial charge in [-0.3, -0.25) is 9.59 Å². The topological polar surface area (TPSA) is 49.4 Å². The van der Waals surface area contributed by atoms with E-state index < -0.39 is 5.91 Å². The van der Waals surface area contributed by atoms with Gasteiger partial charge in [-0.05, 0) is 42.0 Å². The van der Waals surface area contributed by atoms with E-state index in [4.69, 9.17) is 46.4 Å². The number of carbonyl (C=O) groups excluding carboxylic acids is 2. The molecule has 0 atom stereocenters. The summed E-state index contributed by atoms with van der Waals surface area (Å²) in [6.45, 7) is 0.0451. The fourth-order valence-corrected chi connectivity index (χ4v) is 3.83. The first-order chi connectivity index (χ1) is 14.3. The molecule has 3 aromatic rings. The number of nitrogens with zero attached hydrogens (tertiary/aromatic N) is 1. The fourth-order valence-electron chi connectivity index (χ4n) is 2.79. The number of benzene rings is 3. The number of amides is 2. The Morgan fingerprint density at radius 3 is 2.00 bits per heavy atom. The van der Waals surface area contributed by atoms with Gasteiger partial charge in [-0.15, -0.1) is 0 Å². The van der Waals surface area contributed by atoms with Crippen molar-refractivity contribution >= 4 is 63.9 Å². The Labute approximate surface area is 194 Å². The lowest BCUT2D eigenvalue weighted by Crippen LogP contribution is -2.37. The molecule has 0 bridgehead atoms. The Morgan fingerprint density at radius 2 is 1.40 bits per heavy atom. The molecule has 0 spiro atoms. The molecule has 3 rings (SSSR count). The fraction of sp³-hybridized carbons (Fsp3) is 0.0909. The van der Waals surface area contributed by atoms with Gasteiger partial charge in [-0.25, -0.2) is 0 Å². The number of carbonyl (C=O) groups is 2. The van der Waals surface area contributed by atoms with Gasteiger partial charge >= 0.3 is 0 Å². The predicted molar refractivity (Wildman–Crippen MR) is 123 cm³/mol. The summed E-state index contributed by atoms with van der Waals surface area (Å²) < 4.78 is 0. The molecule has 8 heteroatoms. The minimum absolute atomic E-state index is 0.203. The van der Waals surface area contributed by atoms with E-state index in [9.17, 15) is 9.59 Å². The first kappa shape index (κ1) is 22.4. The molecule has 0 saturated carbocycles. The number of halogens is 4. The predicted octanol–water partition coefficient (Wildman–Crippen LogP) is 6.58. The summed E-state index contributed by atoms with van der Waals surface area (Å²) in [4.78, 5) is 27.2. The second-order valence-corrected chi connectivity index (χ2v) is 8.13. The summed E-state index contributed by atoms with van der Waals surface area (Å²) in [6, 6.07) is 18.8. The molecule has 0 heterocycles. The third kappa shape index (κ3) is 5.89. The molecule has 3 aromatic carbocycles. The molecule has 30 heavy (non-hydrogen) atoms. The van der Waals surface area contributed by atoms with Crippen LogP contribution in [0.1, 0.15) is 15.9 Å². The van der Waals surface area contributed by atoms with E-state index >= 15 is 0 Å². The molecule has 0 unspecified atom stereocenters. The Kier molecular flexibility index (Phi) is 7.62. The van der Waals surface area contributed by atoms with Crippen molar-refractivity contribution in [3.8, 4) is 0 Å². The summed E-state index contributed by atoms with van der Waals surface area (Å²) in [5.74, 6) is -0.752. The van der Waals surface area contributed by atoms with Crippen molar-refractivity contribution < 1.29 is 9.59 Å². The van der Waals surface area contributed by atoms with Crippen LogP contribution in [0.4, 0.5) is 5.69 Å². The normalized spacial score (nSPS) is 10.5. The monoisotopic (exact) mass is 480 g/mol. The average molecular weight is 482 g/mol. The number of hydrogen-bond donors (Lipinski definition) is 1. The van der Waals surface area contributed by atoms with Crippen LogP contribution in [-0.4, -0.2) is 23.3 Å². The van der Waals surface area contributed by atoms with Gasteiger partial charge in [0, 0.05) is 22.2 Å². The Bertz CT molecular complexity index is 1030. The van der Waals surface area contributed by atoms with Crippen LogP contribution >= 0.6 is 46.4 Å². The molecule has 0 fully saturated rings. The Hall–Kier alpha value is -2.24. The van der Waals surface area contributed by atoms with Crippen molar-refractivity contribution in [2.75, 3.05) is 11.9 Å². The maximum atomic E-state index is 13.1. The van der Waals surface area contributed by atoms with Crippen LogP contribution in [0.25, 0.3) is 0 Å². The number of hydrogen-bond acceptors (Lipinski definition) is 2. The van der Waals surface area contributed by atoms with E-state index in [0.717, 1.165) is 5.56 Å². The van der Waals surface area contributed by atoms with Crippen molar-refractivity contribution in [1.29, 1.82) is 0 Å². The lowest BCUT2D eigenvalue weighted by atomic mass is 10.1. The molecule has 0 radical (unpaired) electrons. The summed E-state index contributed by atoms with van der Waals surface area (Å²) in [7, 11) is 0. The first-order valence-corrected chi connectivity index (χ1v) is 10.4. The molecule has 154 valence electrons. The molecule has 2 amide bonds. The van der Waals surface area contributed by atoms with Gasteiger partial charge in [0.1, 0.15) is 6.54 Å². The van der Waals surface area contributed by atoms with Crippen LogP contribution in [0.3, 0.4) is 0 Å². The van der Waals surface area contributed by atoms with Crippen molar-refractivity contribution in [3.05, 3.63) is 97.9 Å². The third-order valence-corrected chi connectivity index (χ3v) is 5.27. The van der Waals surface area contributed by atoms with Crippen LogP contribution in [0.15, 0.2) is 66.7 Å². The number of rotatable bonds is 6. The maximum Gasteiger partial charge on any atom is 0.254 e. The van der Waals surface area contributed by atoms with Gasteiger partial charge in [0.2, 0.25) is 5.91 Å². The summed E-state index contributed by atoms with van der Waals surface area (Å²) in [5, 5.41) is 3.95. The molecular weight excluding hydrogens is 466 g/mol.